The van der Waals surface area contributed by atoms with Crippen molar-refractivity contribution in [3.63, 3.8) is 0 Å². The monoisotopic (exact) mass is 302 g/mol. The second-order valence-electron chi connectivity index (χ2n) is 4.46. The average Bonchev–Trinajstić information content (AvgIpc) is 2.50. The van der Waals surface area contributed by atoms with Crippen LogP contribution in [0.25, 0.3) is 0 Å². The number of nitrogens with one attached hydrogen (secondary N) is 1. The predicted molar refractivity (Wildman–Crippen MR) is 79.3 cm³/mol. The maximum Gasteiger partial charge on any atom is 0.242 e. The maximum absolute atomic E-state index is 13.7. The summed E-state index contributed by atoms with van der Waals surface area (Å²) < 4.78 is 13.7. The van der Waals surface area contributed by atoms with E-state index in [4.69, 9.17) is 16.9 Å². The Kier molecular flexibility index (Phi) is 4.91. The molecule has 21 heavy (non-hydrogen) atoms. The van der Waals surface area contributed by atoms with E-state index in [1.165, 1.54) is 18.2 Å². The van der Waals surface area contributed by atoms with E-state index >= 15 is 0 Å². The number of benzene rings is 2. The first-order valence-electron chi connectivity index (χ1n) is 6.30. The summed E-state index contributed by atoms with van der Waals surface area (Å²) in [5.74, 6) is -2.16. The summed E-state index contributed by atoms with van der Waals surface area (Å²) in [6, 6.07) is 15.4. The summed E-state index contributed by atoms with van der Waals surface area (Å²) in [5.41, 5.74) is 0.839. The molecule has 3 nitrogen and oxygen atoms in total. The lowest BCUT2D eigenvalue weighted by atomic mass is 10.00. The average molecular weight is 303 g/mol. The van der Waals surface area contributed by atoms with Crippen LogP contribution in [-0.2, 0) is 11.2 Å². The molecule has 0 aromatic heterocycles. The Morgan fingerprint density at radius 2 is 1.95 bits per heavy atom. The Labute approximate surface area is 127 Å². The number of hydrogen-bond donors (Lipinski definition) is 1. The van der Waals surface area contributed by atoms with Gasteiger partial charge >= 0.3 is 0 Å². The van der Waals surface area contributed by atoms with Gasteiger partial charge in [0.05, 0.1) is 16.8 Å². The van der Waals surface area contributed by atoms with Gasteiger partial charge in [-0.05, 0) is 24.1 Å². The second-order valence-corrected chi connectivity index (χ2v) is 4.87. The van der Waals surface area contributed by atoms with Gasteiger partial charge in [-0.3, -0.25) is 4.79 Å². The molecule has 0 aliphatic carbocycles. The van der Waals surface area contributed by atoms with Crippen molar-refractivity contribution in [2.45, 2.75) is 6.42 Å². The van der Waals surface area contributed by atoms with Crippen LogP contribution in [-0.4, -0.2) is 5.91 Å². The maximum atomic E-state index is 13.7. The van der Waals surface area contributed by atoms with E-state index in [1.807, 2.05) is 36.4 Å². The lowest BCUT2D eigenvalue weighted by molar-refractivity contribution is -0.118. The van der Waals surface area contributed by atoms with Crippen LogP contribution in [0.5, 0.6) is 0 Å². The summed E-state index contributed by atoms with van der Waals surface area (Å²) in [5, 5.41) is 11.5. The van der Waals surface area contributed by atoms with Crippen molar-refractivity contribution >= 4 is 23.2 Å². The van der Waals surface area contributed by atoms with Crippen molar-refractivity contribution in [2.75, 3.05) is 5.32 Å². The zero-order valence-electron chi connectivity index (χ0n) is 11.0. The number of rotatable bonds is 4. The molecule has 0 saturated carbocycles. The fourth-order valence-corrected chi connectivity index (χ4v) is 2.04. The molecule has 2 rings (SSSR count). The quantitative estimate of drug-likeness (QED) is 0.934. The van der Waals surface area contributed by atoms with Crippen LogP contribution in [0, 0.1) is 23.1 Å². The van der Waals surface area contributed by atoms with E-state index in [-0.39, 0.29) is 17.1 Å². The van der Waals surface area contributed by atoms with Crippen LogP contribution in [0.4, 0.5) is 10.1 Å². The molecular formula is C16H12ClFN2O. The first-order valence-corrected chi connectivity index (χ1v) is 6.68. The molecule has 5 heteroatoms. The van der Waals surface area contributed by atoms with Crippen molar-refractivity contribution in [1.82, 2.24) is 0 Å². The summed E-state index contributed by atoms with van der Waals surface area (Å²) in [7, 11) is 0. The molecule has 1 atom stereocenters. The van der Waals surface area contributed by atoms with Gasteiger partial charge in [-0.25, -0.2) is 4.39 Å². The van der Waals surface area contributed by atoms with E-state index in [2.05, 4.69) is 5.32 Å². The standard InChI is InChI=1S/C16H12ClFN2O/c17-13-7-4-8-14(15(13)18)20-16(21)12(10-19)9-11-5-2-1-3-6-11/h1-8,12H,9H2,(H,20,21). The summed E-state index contributed by atoms with van der Waals surface area (Å²) in [6.45, 7) is 0. The molecule has 2 aromatic carbocycles. The minimum Gasteiger partial charge on any atom is -0.322 e. The molecule has 0 radical (unpaired) electrons. The van der Waals surface area contributed by atoms with Gasteiger partial charge in [0.25, 0.3) is 0 Å². The summed E-state index contributed by atoms with van der Waals surface area (Å²) in [4.78, 5) is 12.1. The van der Waals surface area contributed by atoms with Crippen LogP contribution in [0.1, 0.15) is 5.56 Å². The Bertz CT molecular complexity index is 682. The van der Waals surface area contributed by atoms with E-state index in [0.29, 0.717) is 0 Å². The predicted octanol–water partition coefficient (Wildman–Crippen LogP) is 3.80. The third kappa shape index (κ3) is 3.80. The van der Waals surface area contributed by atoms with Crippen molar-refractivity contribution in [3.8, 4) is 6.07 Å². The highest BCUT2D eigenvalue weighted by Crippen LogP contribution is 2.22. The van der Waals surface area contributed by atoms with Crippen LogP contribution in [0.3, 0.4) is 0 Å². The largest absolute Gasteiger partial charge is 0.322 e. The summed E-state index contributed by atoms with van der Waals surface area (Å²) in [6.07, 6.45) is 0.269. The van der Waals surface area contributed by atoms with Crippen LogP contribution in [0.2, 0.25) is 5.02 Å². The van der Waals surface area contributed by atoms with Crippen LogP contribution >= 0.6 is 11.6 Å². The summed E-state index contributed by atoms with van der Waals surface area (Å²) >= 11 is 5.65. The molecule has 1 amide bonds. The highest BCUT2D eigenvalue weighted by Gasteiger charge is 2.20. The molecule has 2 aromatic rings. The van der Waals surface area contributed by atoms with Crippen molar-refractivity contribution in [2.24, 2.45) is 5.92 Å². The molecule has 106 valence electrons. The Morgan fingerprint density at radius 1 is 1.24 bits per heavy atom. The molecule has 0 fully saturated rings. The minimum atomic E-state index is -0.897. The van der Waals surface area contributed by atoms with Gasteiger partial charge in [0.1, 0.15) is 5.92 Å². The SMILES string of the molecule is N#CC(Cc1ccccc1)C(=O)Nc1cccc(Cl)c1F. The topological polar surface area (TPSA) is 52.9 Å². The lowest BCUT2D eigenvalue weighted by Gasteiger charge is -2.11. The van der Waals surface area contributed by atoms with Gasteiger partial charge in [0.15, 0.2) is 5.82 Å². The first-order chi connectivity index (χ1) is 10.1. The van der Waals surface area contributed by atoms with Gasteiger partial charge in [0.2, 0.25) is 5.91 Å². The molecule has 0 aliphatic rings. The molecule has 0 saturated heterocycles. The lowest BCUT2D eigenvalue weighted by Crippen LogP contribution is -2.24. The number of nitriles is 1. The number of carbonyl (C=O) groups excluding carboxylic acids is 1. The zero-order chi connectivity index (χ0) is 15.2. The minimum absolute atomic E-state index is 0.0270. The second kappa shape index (κ2) is 6.87. The van der Waals surface area contributed by atoms with Crippen LogP contribution in [0.15, 0.2) is 48.5 Å². The number of amides is 1. The Hall–Kier alpha value is -2.38. The molecule has 1 N–H and O–H groups in total. The third-order valence-electron chi connectivity index (χ3n) is 2.96. The fourth-order valence-electron chi connectivity index (χ4n) is 1.87. The van der Waals surface area contributed by atoms with Crippen molar-refractivity contribution < 1.29 is 9.18 Å². The number of halogens is 2. The van der Waals surface area contributed by atoms with Crippen molar-refractivity contribution in [1.29, 1.82) is 5.26 Å². The van der Waals surface area contributed by atoms with Gasteiger partial charge in [-0.1, -0.05) is 48.0 Å². The van der Waals surface area contributed by atoms with E-state index < -0.39 is 17.6 Å². The normalized spacial score (nSPS) is 11.5. The smallest absolute Gasteiger partial charge is 0.242 e. The molecule has 0 spiro atoms. The molecule has 0 aliphatic heterocycles. The highest BCUT2D eigenvalue weighted by atomic mass is 35.5. The number of nitrogens with zero attached hydrogens (tertiary/aromatic N) is 1. The molecule has 0 bridgehead atoms. The van der Waals surface area contributed by atoms with Gasteiger partial charge in [0, 0.05) is 0 Å². The molecule has 0 heterocycles. The van der Waals surface area contributed by atoms with Gasteiger partial charge in [-0.2, -0.15) is 5.26 Å². The van der Waals surface area contributed by atoms with Gasteiger partial charge < -0.3 is 5.32 Å². The molecular weight excluding hydrogens is 291 g/mol. The number of anilines is 1. The van der Waals surface area contributed by atoms with Crippen molar-refractivity contribution in [3.05, 3.63) is 64.9 Å². The number of carbonyl (C=O) groups is 1. The Balaban J connectivity index is 2.11. The van der Waals surface area contributed by atoms with Gasteiger partial charge in [-0.15, -0.1) is 0 Å². The van der Waals surface area contributed by atoms with E-state index in [1.54, 1.807) is 0 Å². The Morgan fingerprint density at radius 3 is 2.62 bits per heavy atom. The van der Waals surface area contributed by atoms with Crippen LogP contribution < -0.4 is 5.32 Å². The highest BCUT2D eigenvalue weighted by molar-refractivity contribution is 6.31. The number of hydrogen-bond acceptors (Lipinski definition) is 2. The first kappa shape index (κ1) is 15.0. The van der Waals surface area contributed by atoms with E-state index in [0.717, 1.165) is 5.56 Å². The fraction of sp³-hybridized carbons (Fsp3) is 0.125. The zero-order valence-corrected chi connectivity index (χ0v) is 11.8. The van der Waals surface area contributed by atoms with E-state index in [9.17, 15) is 9.18 Å². The third-order valence-corrected chi connectivity index (χ3v) is 3.26. The molecule has 1 unspecified atom stereocenters.